The second kappa shape index (κ2) is 9.32. The van der Waals surface area contributed by atoms with Gasteiger partial charge in [-0.1, -0.05) is 6.07 Å². The van der Waals surface area contributed by atoms with E-state index < -0.39 is 0 Å². The number of ether oxygens (including phenoxy) is 1. The van der Waals surface area contributed by atoms with Crippen molar-refractivity contribution in [2.75, 3.05) is 30.5 Å². The van der Waals surface area contributed by atoms with Crippen molar-refractivity contribution in [2.45, 2.75) is 38.8 Å². The average Bonchev–Trinajstić information content (AvgIpc) is 3.31. The SMILES string of the molecule is COCCCn1cnnc1C(C)NC(=O)Nc1cccc(N2CCCC2=O)c1. The van der Waals surface area contributed by atoms with Crippen LogP contribution < -0.4 is 15.5 Å². The van der Waals surface area contributed by atoms with Gasteiger partial charge in [0.05, 0.1) is 6.04 Å². The molecule has 1 unspecified atom stereocenters. The van der Waals surface area contributed by atoms with Gasteiger partial charge < -0.3 is 24.8 Å². The van der Waals surface area contributed by atoms with Crippen LogP contribution in [-0.2, 0) is 16.1 Å². The van der Waals surface area contributed by atoms with Crippen molar-refractivity contribution in [1.82, 2.24) is 20.1 Å². The molecule has 2 N–H and O–H groups in total. The lowest BCUT2D eigenvalue weighted by atomic mass is 10.2. The highest BCUT2D eigenvalue weighted by molar-refractivity contribution is 5.96. The van der Waals surface area contributed by atoms with Crippen molar-refractivity contribution < 1.29 is 14.3 Å². The van der Waals surface area contributed by atoms with E-state index in [1.54, 1.807) is 30.5 Å². The van der Waals surface area contributed by atoms with Crippen molar-refractivity contribution in [1.29, 1.82) is 0 Å². The number of nitrogens with zero attached hydrogens (tertiary/aromatic N) is 4. The van der Waals surface area contributed by atoms with E-state index in [2.05, 4.69) is 20.8 Å². The van der Waals surface area contributed by atoms with Gasteiger partial charge in [-0.15, -0.1) is 10.2 Å². The lowest BCUT2D eigenvalue weighted by Crippen LogP contribution is -2.32. The molecule has 2 heterocycles. The first-order valence-electron chi connectivity index (χ1n) is 9.43. The van der Waals surface area contributed by atoms with E-state index in [1.807, 2.05) is 23.6 Å². The predicted molar refractivity (Wildman–Crippen MR) is 105 cm³/mol. The molecule has 0 bridgehead atoms. The van der Waals surface area contributed by atoms with Crippen LogP contribution in [0.5, 0.6) is 0 Å². The van der Waals surface area contributed by atoms with E-state index in [4.69, 9.17) is 4.74 Å². The van der Waals surface area contributed by atoms with Gasteiger partial charge in [0.2, 0.25) is 5.91 Å². The van der Waals surface area contributed by atoms with Crippen LogP contribution in [0.25, 0.3) is 0 Å². The fraction of sp³-hybridized carbons (Fsp3) is 0.474. The summed E-state index contributed by atoms with van der Waals surface area (Å²) in [5, 5.41) is 13.7. The minimum absolute atomic E-state index is 0.114. The number of hydrogen-bond acceptors (Lipinski definition) is 5. The summed E-state index contributed by atoms with van der Waals surface area (Å²) in [5.41, 5.74) is 1.43. The number of amides is 3. The minimum atomic E-state index is -0.344. The van der Waals surface area contributed by atoms with E-state index in [1.165, 1.54) is 0 Å². The molecular weight excluding hydrogens is 360 g/mol. The Morgan fingerprint density at radius 2 is 2.25 bits per heavy atom. The molecule has 1 aromatic carbocycles. The maximum atomic E-state index is 12.4. The van der Waals surface area contributed by atoms with Gasteiger partial charge >= 0.3 is 6.03 Å². The van der Waals surface area contributed by atoms with Gasteiger partial charge in [-0.2, -0.15) is 0 Å². The Labute approximate surface area is 164 Å². The Kier molecular flexibility index (Phi) is 6.59. The first kappa shape index (κ1) is 19.8. The summed E-state index contributed by atoms with van der Waals surface area (Å²) in [6, 6.07) is 6.64. The number of carbonyl (C=O) groups is 2. The third kappa shape index (κ3) is 4.86. The number of benzene rings is 1. The zero-order valence-electron chi connectivity index (χ0n) is 16.2. The van der Waals surface area contributed by atoms with Crippen LogP contribution in [0, 0.1) is 0 Å². The normalized spacial score (nSPS) is 14.9. The van der Waals surface area contributed by atoms with Crippen LogP contribution in [0.15, 0.2) is 30.6 Å². The standard InChI is InChI=1S/C19H26N6O3/c1-14(18-23-20-13-24(18)9-5-11-28-2)21-19(27)22-15-6-3-7-16(12-15)25-10-4-8-17(25)26/h3,6-7,12-14H,4-5,8-11H2,1-2H3,(H2,21,22,27). The number of methoxy groups -OCH3 is 1. The van der Waals surface area contributed by atoms with E-state index in [0.29, 0.717) is 31.1 Å². The molecule has 0 spiro atoms. The quantitative estimate of drug-likeness (QED) is 0.678. The molecule has 3 amide bonds. The highest BCUT2D eigenvalue weighted by Crippen LogP contribution is 2.24. The molecule has 1 aliphatic heterocycles. The van der Waals surface area contributed by atoms with Crippen LogP contribution in [0.4, 0.5) is 16.2 Å². The van der Waals surface area contributed by atoms with Crippen molar-refractivity contribution in [3.8, 4) is 0 Å². The van der Waals surface area contributed by atoms with Gasteiger partial charge in [0, 0.05) is 44.6 Å². The zero-order valence-corrected chi connectivity index (χ0v) is 16.2. The molecule has 1 fully saturated rings. The lowest BCUT2D eigenvalue weighted by Gasteiger charge is -2.18. The van der Waals surface area contributed by atoms with Crippen molar-refractivity contribution in [3.05, 3.63) is 36.4 Å². The molecule has 9 nitrogen and oxygen atoms in total. The number of anilines is 2. The average molecular weight is 386 g/mol. The molecule has 150 valence electrons. The molecule has 1 saturated heterocycles. The van der Waals surface area contributed by atoms with Crippen LogP contribution in [0.1, 0.15) is 38.1 Å². The van der Waals surface area contributed by atoms with Crippen LogP contribution in [-0.4, -0.2) is 47.0 Å². The summed E-state index contributed by atoms with van der Waals surface area (Å²) >= 11 is 0. The van der Waals surface area contributed by atoms with Gasteiger partial charge in [0.25, 0.3) is 0 Å². The Balaban J connectivity index is 1.58. The van der Waals surface area contributed by atoms with Gasteiger partial charge in [-0.05, 0) is 38.0 Å². The number of nitrogens with one attached hydrogen (secondary N) is 2. The number of carbonyl (C=O) groups excluding carboxylic acids is 2. The van der Waals surface area contributed by atoms with Crippen molar-refractivity contribution in [2.24, 2.45) is 0 Å². The van der Waals surface area contributed by atoms with Gasteiger partial charge in [-0.3, -0.25) is 4.79 Å². The van der Waals surface area contributed by atoms with Gasteiger partial charge in [0.1, 0.15) is 6.33 Å². The van der Waals surface area contributed by atoms with Crippen LogP contribution in [0.3, 0.4) is 0 Å². The van der Waals surface area contributed by atoms with E-state index in [-0.39, 0.29) is 18.0 Å². The Morgan fingerprint density at radius 3 is 3.00 bits per heavy atom. The molecule has 28 heavy (non-hydrogen) atoms. The zero-order chi connectivity index (χ0) is 19.9. The Morgan fingerprint density at radius 1 is 1.39 bits per heavy atom. The van der Waals surface area contributed by atoms with Crippen LogP contribution in [0.2, 0.25) is 0 Å². The molecule has 3 rings (SSSR count). The lowest BCUT2D eigenvalue weighted by molar-refractivity contribution is -0.117. The molecule has 0 aliphatic carbocycles. The maximum Gasteiger partial charge on any atom is 0.319 e. The number of aryl methyl sites for hydroxylation is 1. The third-order valence-electron chi connectivity index (χ3n) is 4.62. The summed E-state index contributed by atoms with van der Waals surface area (Å²) in [6.45, 7) is 3.94. The van der Waals surface area contributed by atoms with Crippen molar-refractivity contribution >= 4 is 23.3 Å². The summed E-state index contributed by atoms with van der Waals surface area (Å²) in [6.07, 6.45) is 3.92. The fourth-order valence-corrected chi connectivity index (χ4v) is 3.25. The molecule has 9 heteroatoms. The van der Waals surface area contributed by atoms with Gasteiger partial charge in [-0.25, -0.2) is 4.79 Å². The smallest absolute Gasteiger partial charge is 0.319 e. The maximum absolute atomic E-state index is 12.4. The number of aromatic nitrogens is 3. The highest BCUT2D eigenvalue weighted by atomic mass is 16.5. The Hall–Kier alpha value is -2.94. The summed E-state index contributed by atoms with van der Waals surface area (Å²) in [5.74, 6) is 0.797. The number of hydrogen-bond donors (Lipinski definition) is 2. The Bertz CT molecular complexity index is 822. The second-order valence-corrected chi connectivity index (χ2v) is 6.75. The summed E-state index contributed by atoms with van der Waals surface area (Å²) in [7, 11) is 1.66. The molecular formula is C19H26N6O3. The first-order chi connectivity index (χ1) is 13.6. The number of rotatable bonds is 8. The fourth-order valence-electron chi connectivity index (χ4n) is 3.25. The largest absolute Gasteiger partial charge is 0.385 e. The highest BCUT2D eigenvalue weighted by Gasteiger charge is 2.22. The van der Waals surface area contributed by atoms with E-state index in [0.717, 1.165) is 25.1 Å². The monoisotopic (exact) mass is 386 g/mol. The molecule has 2 aromatic rings. The topological polar surface area (TPSA) is 101 Å². The molecule has 0 saturated carbocycles. The van der Waals surface area contributed by atoms with E-state index in [9.17, 15) is 9.59 Å². The molecule has 1 aromatic heterocycles. The molecule has 0 radical (unpaired) electrons. The minimum Gasteiger partial charge on any atom is -0.385 e. The van der Waals surface area contributed by atoms with Gasteiger partial charge in [0.15, 0.2) is 5.82 Å². The first-order valence-corrected chi connectivity index (χ1v) is 9.43. The third-order valence-corrected chi connectivity index (χ3v) is 4.62. The summed E-state index contributed by atoms with van der Waals surface area (Å²) in [4.78, 5) is 26.1. The predicted octanol–water partition coefficient (Wildman–Crippen LogP) is 2.32. The van der Waals surface area contributed by atoms with E-state index >= 15 is 0 Å². The second-order valence-electron chi connectivity index (χ2n) is 6.75. The summed E-state index contributed by atoms with van der Waals surface area (Å²) < 4.78 is 6.97. The van der Waals surface area contributed by atoms with Crippen molar-refractivity contribution in [3.63, 3.8) is 0 Å². The number of urea groups is 1. The molecule has 1 atom stereocenters. The molecule has 1 aliphatic rings. The van der Waals surface area contributed by atoms with Crippen LogP contribution >= 0.6 is 0 Å².